The molecule has 4 rings (SSSR count). The number of amides is 3. The Morgan fingerprint density at radius 3 is 2.45 bits per heavy atom. The highest BCUT2D eigenvalue weighted by atomic mass is 16.5. The molecule has 0 radical (unpaired) electrons. The van der Waals surface area contributed by atoms with Crippen LogP contribution in [0.15, 0.2) is 53.1 Å². The molecule has 176 valence electrons. The quantitative estimate of drug-likeness (QED) is 0.599. The van der Waals surface area contributed by atoms with Crippen LogP contribution in [0.25, 0.3) is 0 Å². The van der Waals surface area contributed by atoms with Crippen LogP contribution in [0, 0.1) is 0 Å². The molecule has 0 bridgehead atoms. The van der Waals surface area contributed by atoms with E-state index in [0.717, 1.165) is 38.5 Å². The van der Waals surface area contributed by atoms with Gasteiger partial charge < -0.3 is 24.7 Å². The number of nitrogens with one attached hydrogen (secondary N) is 2. The van der Waals surface area contributed by atoms with Crippen molar-refractivity contribution in [2.24, 2.45) is 0 Å². The van der Waals surface area contributed by atoms with Crippen LogP contribution in [0.5, 0.6) is 0 Å². The normalized spacial score (nSPS) is 19.2. The number of carbonyl (C=O) groups excluding carboxylic acids is 3. The van der Waals surface area contributed by atoms with Crippen LogP contribution >= 0.6 is 0 Å². The van der Waals surface area contributed by atoms with E-state index in [4.69, 9.17) is 9.15 Å². The molecule has 8 nitrogen and oxygen atoms in total. The van der Waals surface area contributed by atoms with E-state index in [0.29, 0.717) is 24.5 Å². The molecule has 1 aromatic heterocycles. The molecule has 2 heterocycles. The van der Waals surface area contributed by atoms with Crippen LogP contribution in [0.1, 0.15) is 55.9 Å². The number of hydrogen-bond acceptors (Lipinski definition) is 5. The smallest absolute Gasteiger partial charge is 0.313 e. The fourth-order valence-electron chi connectivity index (χ4n) is 4.52. The second-order valence-corrected chi connectivity index (χ2v) is 8.66. The van der Waals surface area contributed by atoms with Crippen molar-refractivity contribution in [3.05, 3.63) is 60.1 Å². The monoisotopic (exact) mass is 453 g/mol. The molecule has 2 atom stereocenters. The second kappa shape index (κ2) is 11.1. The van der Waals surface area contributed by atoms with E-state index in [1.54, 1.807) is 24.3 Å². The number of hydrogen-bond donors (Lipinski definition) is 2. The van der Waals surface area contributed by atoms with Gasteiger partial charge in [-0.05, 0) is 43.4 Å². The molecule has 3 amide bonds. The lowest BCUT2D eigenvalue weighted by atomic mass is 10.0. The van der Waals surface area contributed by atoms with E-state index in [-0.39, 0.29) is 24.6 Å². The molecule has 1 aromatic carbocycles. The zero-order chi connectivity index (χ0) is 23.0. The number of nitrogens with zero attached hydrogens (tertiary/aromatic N) is 1. The first-order chi connectivity index (χ1) is 16.1. The average molecular weight is 454 g/mol. The van der Waals surface area contributed by atoms with Gasteiger partial charge in [0.15, 0.2) is 0 Å². The van der Waals surface area contributed by atoms with E-state index < -0.39 is 17.9 Å². The van der Waals surface area contributed by atoms with Crippen molar-refractivity contribution >= 4 is 17.7 Å². The van der Waals surface area contributed by atoms with Gasteiger partial charge in [-0.1, -0.05) is 43.2 Å². The van der Waals surface area contributed by atoms with Crippen LogP contribution in [0.3, 0.4) is 0 Å². The molecule has 1 saturated heterocycles. The molecule has 0 spiro atoms. The van der Waals surface area contributed by atoms with Gasteiger partial charge in [-0.2, -0.15) is 0 Å². The van der Waals surface area contributed by atoms with E-state index >= 15 is 0 Å². The zero-order valence-corrected chi connectivity index (χ0v) is 18.7. The second-order valence-electron chi connectivity index (χ2n) is 8.66. The maximum absolute atomic E-state index is 13.4. The van der Waals surface area contributed by atoms with E-state index in [9.17, 15) is 14.4 Å². The summed E-state index contributed by atoms with van der Waals surface area (Å²) in [6.45, 7) is 1.04. The van der Waals surface area contributed by atoms with Crippen LogP contribution in [0.4, 0.5) is 0 Å². The van der Waals surface area contributed by atoms with Gasteiger partial charge in [-0.15, -0.1) is 0 Å². The molecular weight excluding hydrogens is 422 g/mol. The SMILES string of the molecule is O=C(NC1CCCC1)C(=O)N(Cc1ccco1)[C@@H](C(=O)NC[C@H]1CCCO1)c1ccccc1. The minimum Gasteiger partial charge on any atom is -0.467 e. The van der Waals surface area contributed by atoms with Crippen LogP contribution in [0.2, 0.25) is 0 Å². The first-order valence-corrected chi connectivity index (χ1v) is 11.7. The Morgan fingerprint density at radius 1 is 1.00 bits per heavy atom. The van der Waals surface area contributed by atoms with E-state index in [1.165, 1.54) is 11.2 Å². The molecule has 33 heavy (non-hydrogen) atoms. The Labute approximate surface area is 193 Å². The third-order valence-corrected chi connectivity index (χ3v) is 6.26. The molecular formula is C25H31N3O5. The predicted molar refractivity (Wildman–Crippen MR) is 121 cm³/mol. The summed E-state index contributed by atoms with van der Waals surface area (Å²) >= 11 is 0. The van der Waals surface area contributed by atoms with Gasteiger partial charge in [-0.25, -0.2) is 0 Å². The summed E-state index contributed by atoms with van der Waals surface area (Å²) in [5.41, 5.74) is 0.621. The summed E-state index contributed by atoms with van der Waals surface area (Å²) in [7, 11) is 0. The molecule has 2 N–H and O–H groups in total. The Balaban J connectivity index is 1.58. The lowest BCUT2D eigenvalue weighted by Crippen LogP contribution is -2.50. The molecule has 1 saturated carbocycles. The predicted octanol–water partition coefficient (Wildman–Crippen LogP) is 2.70. The number of benzene rings is 1. The Morgan fingerprint density at radius 2 is 1.79 bits per heavy atom. The van der Waals surface area contributed by atoms with Crippen molar-refractivity contribution in [3.8, 4) is 0 Å². The summed E-state index contributed by atoms with van der Waals surface area (Å²) < 4.78 is 11.1. The standard InChI is InChI=1S/C25H31N3O5/c29-23(26-16-20-12-6-14-32-20)22(18-8-2-1-3-9-18)28(17-21-13-7-15-33-21)25(31)24(30)27-19-10-4-5-11-19/h1-3,7-9,13,15,19-20,22H,4-6,10-12,14,16-17H2,(H,26,29)(H,27,30)/t20-,22-/m1/s1. The van der Waals surface area contributed by atoms with Crippen molar-refractivity contribution < 1.29 is 23.5 Å². The molecule has 2 aliphatic rings. The highest BCUT2D eigenvalue weighted by Crippen LogP contribution is 2.25. The molecule has 1 aliphatic heterocycles. The van der Waals surface area contributed by atoms with Crippen molar-refractivity contribution in [2.75, 3.05) is 13.2 Å². The maximum Gasteiger partial charge on any atom is 0.313 e. The minimum atomic E-state index is -0.987. The molecule has 1 aliphatic carbocycles. The summed E-state index contributed by atoms with van der Waals surface area (Å²) in [6.07, 6.45) is 7.11. The average Bonchev–Trinajstić information content (AvgIpc) is 3.61. The maximum atomic E-state index is 13.4. The first kappa shape index (κ1) is 23.0. The van der Waals surface area contributed by atoms with E-state index in [2.05, 4.69) is 10.6 Å². The summed E-state index contributed by atoms with van der Waals surface area (Å²) in [4.78, 5) is 41.0. The van der Waals surface area contributed by atoms with Crippen molar-refractivity contribution in [2.45, 2.75) is 63.3 Å². The Bertz CT molecular complexity index is 919. The summed E-state index contributed by atoms with van der Waals surface area (Å²) in [5.74, 6) is -1.31. The largest absolute Gasteiger partial charge is 0.467 e. The lowest BCUT2D eigenvalue weighted by Gasteiger charge is -2.31. The zero-order valence-electron chi connectivity index (χ0n) is 18.7. The van der Waals surface area contributed by atoms with Gasteiger partial charge >= 0.3 is 11.8 Å². The summed E-state index contributed by atoms with van der Waals surface area (Å²) in [6, 6.07) is 11.5. The van der Waals surface area contributed by atoms with Gasteiger partial charge in [0.2, 0.25) is 5.91 Å². The number of rotatable bonds is 8. The third kappa shape index (κ3) is 6.01. The highest BCUT2D eigenvalue weighted by molar-refractivity contribution is 6.35. The molecule has 8 heteroatoms. The van der Waals surface area contributed by atoms with Crippen LogP contribution in [-0.4, -0.2) is 47.9 Å². The number of carbonyl (C=O) groups is 3. The topological polar surface area (TPSA) is 101 Å². The third-order valence-electron chi connectivity index (χ3n) is 6.26. The van der Waals surface area contributed by atoms with Crippen molar-refractivity contribution in [1.29, 1.82) is 0 Å². The van der Waals surface area contributed by atoms with Crippen LogP contribution < -0.4 is 10.6 Å². The molecule has 2 aromatic rings. The van der Waals surface area contributed by atoms with Gasteiger partial charge in [0.1, 0.15) is 11.8 Å². The van der Waals surface area contributed by atoms with Gasteiger partial charge in [0.05, 0.1) is 18.9 Å². The Hall–Kier alpha value is -3.13. The minimum absolute atomic E-state index is 0.00315. The Kier molecular flexibility index (Phi) is 7.78. The van der Waals surface area contributed by atoms with Crippen LogP contribution in [-0.2, 0) is 25.7 Å². The van der Waals surface area contributed by atoms with Crippen molar-refractivity contribution in [1.82, 2.24) is 15.5 Å². The lowest BCUT2D eigenvalue weighted by molar-refractivity contribution is -0.151. The van der Waals surface area contributed by atoms with E-state index in [1.807, 2.05) is 18.2 Å². The fourth-order valence-corrected chi connectivity index (χ4v) is 4.52. The summed E-state index contributed by atoms with van der Waals surface area (Å²) in [5, 5.41) is 5.78. The highest BCUT2D eigenvalue weighted by Gasteiger charge is 2.36. The van der Waals surface area contributed by atoms with Gasteiger partial charge in [0.25, 0.3) is 0 Å². The number of ether oxygens (including phenoxy) is 1. The molecule has 2 fully saturated rings. The molecule has 0 unspecified atom stereocenters. The van der Waals surface area contributed by atoms with Gasteiger partial charge in [0, 0.05) is 19.2 Å². The number of furan rings is 1. The fraction of sp³-hybridized carbons (Fsp3) is 0.480. The van der Waals surface area contributed by atoms with Gasteiger partial charge in [-0.3, -0.25) is 14.4 Å². The van der Waals surface area contributed by atoms with Crippen molar-refractivity contribution in [3.63, 3.8) is 0 Å². The first-order valence-electron chi connectivity index (χ1n) is 11.7.